The summed E-state index contributed by atoms with van der Waals surface area (Å²) in [6.07, 6.45) is 3.63. The lowest BCUT2D eigenvalue weighted by molar-refractivity contribution is -0.688. The van der Waals surface area contributed by atoms with Crippen LogP contribution in [0.1, 0.15) is 5.69 Å². The third-order valence-electron chi connectivity index (χ3n) is 2.07. The Morgan fingerprint density at radius 2 is 1.81 bits per heavy atom. The first kappa shape index (κ1) is 10.6. The Bertz CT molecular complexity index is 603. The second-order valence-corrected chi connectivity index (χ2v) is 3.63. The molecule has 0 spiro atoms. The first-order valence-electron chi connectivity index (χ1n) is 4.62. The van der Waals surface area contributed by atoms with E-state index < -0.39 is 11.2 Å². The summed E-state index contributed by atoms with van der Waals surface area (Å²) in [6.45, 7) is 0.346. The van der Waals surface area contributed by atoms with E-state index in [0.29, 0.717) is 12.2 Å². The van der Waals surface area contributed by atoms with Gasteiger partial charge in [0.15, 0.2) is 18.9 Å². The number of hydrogen-bond donors (Lipinski definition) is 2. The van der Waals surface area contributed by atoms with E-state index in [1.165, 1.54) is 0 Å². The number of rotatable bonds is 2. The van der Waals surface area contributed by atoms with Gasteiger partial charge in [0, 0.05) is 12.1 Å². The Morgan fingerprint density at radius 1 is 1.12 bits per heavy atom. The molecule has 2 aromatic heterocycles. The van der Waals surface area contributed by atoms with Gasteiger partial charge in [-0.2, -0.15) is 4.57 Å². The number of hydrogen-bond acceptors (Lipinski definition) is 2. The van der Waals surface area contributed by atoms with Gasteiger partial charge in [-0.25, -0.2) is 4.79 Å². The van der Waals surface area contributed by atoms with E-state index in [1.54, 1.807) is 4.57 Å². The molecule has 2 rings (SSSR count). The summed E-state index contributed by atoms with van der Waals surface area (Å²) in [6, 6.07) is 5.57. The van der Waals surface area contributed by atoms with E-state index in [1.807, 2.05) is 30.6 Å². The summed E-state index contributed by atoms with van der Waals surface area (Å²) in [5.41, 5.74) is -0.732. The molecule has 0 bridgehead atoms. The van der Waals surface area contributed by atoms with Crippen LogP contribution in [0, 0.1) is 0 Å². The molecule has 0 aliphatic carbocycles. The highest BCUT2D eigenvalue weighted by Crippen LogP contribution is 2.03. The number of aromatic nitrogens is 3. The minimum absolute atomic E-state index is 0.0101. The van der Waals surface area contributed by atoms with Gasteiger partial charge in [0.25, 0.3) is 5.56 Å². The minimum atomic E-state index is -0.572. The van der Waals surface area contributed by atoms with E-state index in [-0.39, 0.29) is 5.02 Å². The molecule has 0 aromatic carbocycles. The van der Waals surface area contributed by atoms with Crippen LogP contribution in [0.15, 0.2) is 40.2 Å². The lowest BCUT2D eigenvalue weighted by Gasteiger charge is -1.98. The molecule has 0 saturated heterocycles. The van der Waals surface area contributed by atoms with Crippen molar-refractivity contribution in [2.24, 2.45) is 0 Å². The second kappa shape index (κ2) is 4.32. The first-order valence-corrected chi connectivity index (χ1v) is 4.99. The van der Waals surface area contributed by atoms with Crippen LogP contribution in [0.25, 0.3) is 0 Å². The second-order valence-electron chi connectivity index (χ2n) is 3.25. The van der Waals surface area contributed by atoms with Crippen molar-refractivity contribution in [2.45, 2.75) is 6.54 Å². The number of nitrogens with zero attached hydrogens (tertiary/aromatic N) is 1. The fourth-order valence-corrected chi connectivity index (χ4v) is 1.50. The molecule has 6 heteroatoms. The summed E-state index contributed by atoms with van der Waals surface area (Å²) in [5, 5.41) is 0.0101. The molecule has 0 saturated carbocycles. The van der Waals surface area contributed by atoms with Gasteiger partial charge in [-0.3, -0.25) is 9.78 Å². The van der Waals surface area contributed by atoms with Gasteiger partial charge in [-0.15, -0.1) is 0 Å². The quantitative estimate of drug-likeness (QED) is 0.726. The van der Waals surface area contributed by atoms with Crippen LogP contribution in [-0.2, 0) is 6.54 Å². The maximum Gasteiger partial charge on any atom is 0.326 e. The summed E-state index contributed by atoms with van der Waals surface area (Å²) >= 11 is 5.79. The van der Waals surface area contributed by atoms with E-state index in [9.17, 15) is 9.59 Å². The number of H-pyrrole nitrogens is 2. The Kier molecular flexibility index (Phi) is 2.87. The number of aromatic amines is 2. The van der Waals surface area contributed by atoms with Gasteiger partial charge in [0.05, 0.1) is 0 Å². The van der Waals surface area contributed by atoms with Crippen molar-refractivity contribution in [2.75, 3.05) is 0 Å². The topological polar surface area (TPSA) is 69.6 Å². The molecular formula is C10H9ClN3O2+. The van der Waals surface area contributed by atoms with Crippen molar-refractivity contribution < 1.29 is 4.57 Å². The molecule has 5 nitrogen and oxygen atoms in total. The zero-order chi connectivity index (χ0) is 11.5. The molecule has 16 heavy (non-hydrogen) atoms. The third kappa shape index (κ3) is 2.20. The highest BCUT2D eigenvalue weighted by atomic mass is 35.5. The number of pyridine rings is 1. The SMILES string of the molecule is O=c1[nH]c(C[n+]2ccccc2)c(Cl)c(=O)[nH]1. The molecule has 0 atom stereocenters. The molecule has 0 radical (unpaired) electrons. The molecule has 0 unspecified atom stereocenters. The van der Waals surface area contributed by atoms with Crippen molar-refractivity contribution in [1.29, 1.82) is 0 Å². The van der Waals surface area contributed by atoms with Gasteiger partial charge in [0.1, 0.15) is 10.7 Å². The Morgan fingerprint density at radius 3 is 2.50 bits per heavy atom. The highest BCUT2D eigenvalue weighted by molar-refractivity contribution is 6.30. The molecule has 82 valence electrons. The molecule has 0 fully saturated rings. The largest absolute Gasteiger partial charge is 0.326 e. The van der Waals surface area contributed by atoms with Crippen LogP contribution in [0.3, 0.4) is 0 Å². The lowest BCUT2D eigenvalue weighted by Crippen LogP contribution is -2.36. The first-order chi connectivity index (χ1) is 7.66. The Labute approximate surface area is 95.3 Å². The minimum Gasteiger partial charge on any atom is -0.304 e. The van der Waals surface area contributed by atoms with Crippen LogP contribution < -0.4 is 15.8 Å². The molecule has 0 amide bonds. The number of halogens is 1. The third-order valence-corrected chi connectivity index (χ3v) is 2.47. The zero-order valence-corrected chi connectivity index (χ0v) is 8.99. The van der Waals surface area contributed by atoms with Gasteiger partial charge in [-0.1, -0.05) is 17.7 Å². The van der Waals surface area contributed by atoms with Crippen LogP contribution in [0.5, 0.6) is 0 Å². The molecule has 2 N–H and O–H groups in total. The fraction of sp³-hybridized carbons (Fsp3) is 0.100. The number of nitrogens with one attached hydrogen (secondary N) is 2. The lowest BCUT2D eigenvalue weighted by atomic mass is 10.4. The van der Waals surface area contributed by atoms with E-state index >= 15 is 0 Å². The predicted octanol–water partition coefficient (Wildman–Crippen LogP) is 0.0524. The van der Waals surface area contributed by atoms with Gasteiger partial charge < -0.3 is 4.98 Å². The molecule has 2 aromatic rings. The predicted molar refractivity (Wildman–Crippen MR) is 58.4 cm³/mol. The summed E-state index contributed by atoms with van der Waals surface area (Å²) in [7, 11) is 0. The summed E-state index contributed by atoms with van der Waals surface area (Å²) in [4.78, 5) is 26.9. The molecule has 2 heterocycles. The average molecular weight is 239 g/mol. The highest BCUT2D eigenvalue weighted by Gasteiger charge is 2.10. The van der Waals surface area contributed by atoms with E-state index in [2.05, 4.69) is 9.97 Å². The van der Waals surface area contributed by atoms with Crippen LogP contribution in [0.4, 0.5) is 0 Å². The fourth-order valence-electron chi connectivity index (χ4n) is 1.35. The molecule has 0 aliphatic rings. The zero-order valence-electron chi connectivity index (χ0n) is 8.24. The standard InChI is InChI=1S/C10H8ClN3O2/c11-8-7(12-10(16)13-9(8)15)6-14-4-2-1-3-5-14/h1-5H,6H2,(H-,12,13,15,16)/p+1. The van der Waals surface area contributed by atoms with Gasteiger partial charge >= 0.3 is 5.69 Å². The smallest absolute Gasteiger partial charge is 0.304 e. The molecule has 0 aliphatic heterocycles. The normalized spacial score (nSPS) is 10.3. The molecular weight excluding hydrogens is 230 g/mol. The monoisotopic (exact) mass is 238 g/mol. The van der Waals surface area contributed by atoms with Crippen molar-refractivity contribution in [1.82, 2.24) is 9.97 Å². The van der Waals surface area contributed by atoms with E-state index in [4.69, 9.17) is 11.6 Å². The van der Waals surface area contributed by atoms with Crippen molar-refractivity contribution in [3.8, 4) is 0 Å². The van der Waals surface area contributed by atoms with Gasteiger partial charge in [-0.05, 0) is 0 Å². The maximum absolute atomic E-state index is 11.2. The van der Waals surface area contributed by atoms with Crippen molar-refractivity contribution in [3.05, 3.63) is 62.1 Å². The average Bonchev–Trinajstić information content (AvgIpc) is 2.27. The van der Waals surface area contributed by atoms with Crippen molar-refractivity contribution in [3.63, 3.8) is 0 Å². The van der Waals surface area contributed by atoms with E-state index in [0.717, 1.165) is 0 Å². The maximum atomic E-state index is 11.2. The van der Waals surface area contributed by atoms with Crippen LogP contribution in [-0.4, -0.2) is 9.97 Å². The summed E-state index contributed by atoms with van der Waals surface area (Å²) in [5.74, 6) is 0. The van der Waals surface area contributed by atoms with Crippen LogP contribution >= 0.6 is 11.6 Å². The van der Waals surface area contributed by atoms with Crippen molar-refractivity contribution >= 4 is 11.6 Å². The van der Waals surface area contributed by atoms with Gasteiger partial charge in [0.2, 0.25) is 0 Å². The Hall–Kier alpha value is -1.88. The summed E-state index contributed by atoms with van der Waals surface area (Å²) < 4.78 is 1.80. The Balaban J connectivity index is 2.43. The van der Waals surface area contributed by atoms with Crippen LogP contribution in [0.2, 0.25) is 5.02 Å².